The van der Waals surface area contributed by atoms with Crippen molar-refractivity contribution < 1.29 is 23.5 Å². The summed E-state index contributed by atoms with van der Waals surface area (Å²) in [4.78, 5) is 27.2. The average molecular weight is 490 g/mol. The lowest BCUT2D eigenvalue weighted by molar-refractivity contribution is -0.150. The molecule has 36 heavy (non-hydrogen) atoms. The SMILES string of the molecule is CCOC(=O)C1CCCN(C(=O)/C=C(\C)c2cc3c(-c4ccc(C)cc4C)coc3cc2OCC)C1. The van der Waals surface area contributed by atoms with E-state index in [1.807, 2.05) is 19.9 Å². The zero-order valence-corrected chi connectivity index (χ0v) is 21.8. The highest BCUT2D eigenvalue weighted by Gasteiger charge is 2.29. The first kappa shape index (κ1) is 25.5. The molecule has 3 aromatic rings. The number of hydrogen-bond donors (Lipinski definition) is 0. The molecule has 1 fully saturated rings. The van der Waals surface area contributed by atoms with E-state index in [1.54, 1.807) is 24.2 Å². The number of carbonyl (C=O) groups excluding carboxylic acids is 2. The predicted octanol–water partition coefficient (Wildman–Crippen LogP) is 6.32. The summed E-state index contributed by atoms with van der Waals surface area (Å²) in [5.74, 6) is 0.0820. The Morgan fingerprint density at radius 3 is 2.64 bits per heavy atom. The molecule has 1 aromatic heterocycles. The molecule has 0 bridgehead atoms. The van der Waals surface area contributed by atoms with Gasteiger partial charge in [-0.25, -0.2) is 0 Å². The number of esters is 1. The number of furan rings is 1. The zero-order chi connectivity index (χ0) is 25.8. The molecule has 1 aliphatic heterocycles. The molecule has 2 heterocycles. The summed E-state index contributed by atoms with van der Waals surface area (Å²) in [5, 5.41) is 0.973. The number of allylic oxidation sites excluding steroid dienone is 1. The van der Waals surface area contributed by atoms with Crippen LogP contribution in [-0.4, -0.2) is 43.1 Å². The standard InChI is InChI=1S/C30H35NO5/c1-6-34-27-16-28-25(26(18-36-28)23-11-10-19(3)13-20(23)4)15-24(27)21(5)14-29(32)31-12-8-9-22(17-31)30(33)35-7-2/h10-11,13-16,18,22H,6-9,12,17H2,1-5H3/b21-14+. The summed E-state index contributed by atoms with van der Waals surface area (Å²) in [6, 6.07) is 10.3. The minimum absolute atomic E-state index is 0.106. The molecule has 0 N–H and O–H groups in total. The molecule has 0 radical (unpaired) electrons. The molecule has 4 rings (SSSR count). The van der Waals surface area contributed by atoms with Crippen molar-refractivity contribution in [2.45, 2.75) is 47.5 Å². The summed E-state index contributed by atoms with van der Waals surface area (Å²) in [6.45, 7) is 11.7. The fourth-order valence-corrected chi connectivity index (χ4v) is 4.95. The molecule has 1 saturated heterocycles. The monoisotopic (exact) mass is 489 g/mol. The van der Waals surface area contributed by atoms with Gasteiger partial charge in [0.1, 0.15) is 11.3 Å². The van der Waals surface area contributed by atoms with Gasteiger partial charge in [0.2, 0.25) is 5.91 Å². The third kappa shape index (κ3) is 5.32. The van der Waals surface area contributed by atoms with E-state index in [2.05, 4.69) is 38.1 Å². The summed E-state index contributed by atoms with van der Waals surface area (Å²) in [5.41, 5.74) is 6.91. The highest BCUT2D eigenvalue weighted by Crippen LogP contribution is 2.38. The third-order valence-electron chi connectivity index (χ3n) is 6.77. The van der Waals surface area contributed by atoms with Gasteiger partial charge in [0.15, 0.2) is 0 Å². The summed E-state index contributed by atoms with van der Waals surface area (Å²) in [7, 11) is 0. The van der Waals surface area contributed by atoms with Gasteiger partial charge in [-0.05, 0) is 70.2 Å². The van der Waals surface area contributed by atoms with Gasteiger partial charge in [0.25, 0.3) is 0 Å². The number of piperidine rings is 1. The Hall–Kier alpha value is -3.54. The van der Waals surface area contributed by atoms with E-state index >= 15 is 0 Å². The van der Waals surface area contributed by atoms with E-state index in [-0.39, 0.29) is 17.8 Å². The number of likely N-dealkylation sites (tertiary alicyclic amines) is 1. The van der Waals surface area contributed by atoms with Crippen LogP contribution >= 0.6 is 0 Å². The van der Waals surface area contributed by atoms with E-state index < -0.39 is 0 Å². The molecule has 1 atom stereocenters. The van der Waals surface area contributed by atoms with Crippen molar-refractivity contribution in [2.24, 2.45) is 5.92 Å². The van der Waals surface area contributed by atoms with Crippen molar-refractivity contribution in [1.29, 1.82) is 0 Å². The Morgan fingerprint density at radius 2 is 1.92 bits per heavy atom. The number of fused-ring (bicyclic) bond motifs is 1. The number of hydrogen-bond acceptors (Lipinski definition) is 5. The van der Waals surface area contributed by atoms with E-state index in [4.69, 9.17) is 13.9 Å². The van der Waals surface area contributed by atoms with Crippen LogP contribution in [0.3, 0.4) is 0 Å². The zero-order valence-electron chi connectivity index (χ0n) is 21.8. The van der Waals surface area contributed by atoms with Gasteiger partial charge < -0.3 is 18.8 Å². The minimum atomic E-state index is -0.266. The fourth-order valence-electron chi connectivity index (χ4n) is 4.95. The molecular weight excluding hydrogens is 454 g/mol. The second-order valence-corrected chi connectivity index (χ2v) is 9.45. The molecule has 190 valence electrons. The number of carbonyl (C=O) groups is 2. The topological polar surface area (TPSA) is 69.0 Å². The fraction of sp³-hybridized carbons (Fsp3) is 0.400. The van der Waals surface area contributed by atoms with Crippen molar-refractivity contribution >= 4 is 28.4 Å². The number of benzene rings is 2. The van der Waals surface area contributed by atoms with Crippen molar-refractivity contribution in [2.75, 3.05) is 26.3 Å². The van der Waals surface area contributed by atoms with Gasteiger partial charge in [0, 0.05) is 41.7 Å². The van der Waals surface area contributed by atoms with Crippen LogP contribution in [0.15, 0.2) is 47.1 Å². The number of amides is 1. The number of nitrogens with zero attached hydrogens (tertiary/aromatic N) is 1. The van der Waals surface area contributed by atoms with E-state index in [1.165, 1.54) is 11.1 Å². The molecule has 0 saturated carbocycles. The lowest BCUT2D eigenvalue weighted by Gasteiger charge is -2.31. The van der Waals surface area contributed by atoms with Crippen LogP contribution in [0.4, 0.5) is 0 Å². The largest absolute Gasteiger partial charge is 0.493 e. The molecule has 1 aliphatic rings. The maximum atomic E-state index is 13.2. The maximum absolute atomic E-state index is 13.2. The van der Waals surface area contributed by atoms with Gasteiger partial charge in [-0.3, -0.25) is 9.59 Å². The van der Waals surface area contributed by atoms with Crippen LogP contribution in [0, 0.1) is 19.8 Å². The molecule has 2 aromatic carbocycles. The molecule has 6 nitrogen and oxygen atoms in total. The van der Waals surface area contributed by atoms with Crippen LogP contribution in [0.2, 0.25) is 0 Å². The van der Waals surface area contributed by atoms with Crippen molar-refractivity contribution in [3.63, 3.8) is 0 Å². The first-order valence-electron chi connectivity index (χ1n) is 12.7. The lowest BCUT2D eigenvalue weighted by atomic mass is 9.95. The van der Waals surface area contributed by atoms with E-state index in [9.17, 15) is 9.59 Å². The van der Waals surface area contributed by atoms with Crippen LogP contribution < -0.4 is 4.74 Å². The van der Waals surface area contributed by atoms with Crippen molar-refractivity contribution in [3.8, 4) is 16.9 Å². The highest BCUT2D eigenvalue weighted by atomic mass is 16.5. The number of rotatable bonds is 7. The number of ether oxygens (including phenoxy) is 2. The first-order chi connectivity index (χ1) is 17.3. The highest BCUT2D eigenvalue weighted by molar-refractivity contribution is 6.00. The summed E-state index contributed by atoms with van der Waals surface area (Å²) < 4.78 is 17.0. The van der Waals surface area contributed by atoms with Gasteiger partial charge in [-0.15, -0.1) is 0 Å². The van der Waals surface area contributed by atoms with Gasteiger partial charge >= 0.3 is 5.97 Å². The molecule has 1 amide bonds. The summed E-state index contributed by atoms with van der Waals surface area (Å²) in [6.07, 6.45) is 4.97. The predicted molar refractivity (Wildman–Crippen MR) is 142 cm³/mol. The Morgan fingerprint density at radius 1 is 1.11 bits per heavy atom. The van der Waals surface area contributed by atoms with Crippen molar-refractivity contribution in [1.82, 2.24) is 4.90 Å². The molecule has 0 aliphatic carbocycles. The second-order valence-electron chi connectivity index (χ2n) is 9.45. The molecular formula is C30H35NO5. The lowest BCUT2D eigenvalue weighted by Crippen LogP contribution is -2.42. The Kier molecular flexibility index (Phi) is 7.82. The Labute approximate surface area is 212 Å². The normalized spacial score (nSPS) is 16.3. The Bertz CT molecular complexity index is 1300. The first-order valence-corrected chi connectivity index (χ1v) is 12.7. The van der Waals surface area contributed by atoms with E-state index in [0.717, 1.165) is 46.1 Å². The van der Waals surface area contributed by atoms with Gasteiger partial charge in [0.05, 0.1) is 25.4 Å². The molecule has 6 heteroatoms. The molecule has 0 spiro atoms. The average Bonchev–Trinajstić information content (AvgIpc) is 3.26. The smallest absolute Gasteiger partial charge is 0.310 e. The van der Waals surface area contributed by atoms with Crippen LogP contribution in [0.5, 0.6) is 5.75 Å². The van der Waals surface area contributed by atoms with Gasteiger partial charge in [-0.1, -0.05) is 23.8 Å². The number of aryl methyl sites for hydroxylation is 2. The van der Waals surface area contributed by atoms with Crippen LogP contribution in [-0.2, 0) is 14.3 Å². The third-order valence-corrected chi connectivity index (χ3v) is 6.77. The van der Waals surface area contributed by atoms with Gasteiger partial charge in [-0.2, -0.15) is 0 Å². The quantitative estimate of drug-likeness (QED) is 0.287. The summed E-state index contributed by atoms with van der Waals surface area (Å²) >= 11 is 0. The molecule has 1 unspecified atom stereocenters. The Balaban J connectivity index is 1.68. The van der Waals surface area contributed by atoms with E-state index in [0.29, 0.717) is 32.1 Å². The minimum Gasteiger partial charge on any atom is -0.493 e. The van der Waals surface area contributed by atoms with Crippen molar-refractivity contribution in [3.05, 3.63) is 59.4 Å². The second kappa shape index (κ2) is 11.0. The maximum Gasteiger partial charge on any atom is 0.310 e. The van der Waals surface area contributed by atoms with Crippen LogP contribution in [0.1, 0.15) is 50.3 Å². The van der Waals surface area contributed by atoms with Crippen LogP contribution in [0.25, 0.3) is 27.7 Å².